The molecule has 1 aromatic carbocycles. The van der Waals surface area contributed by atoms with Crippen LogP contribution in [0.25, 0.3) is 0 Å². The number of nitrogen functional groups attached to an aromatic ring is 1. The fourth-order valence-corrected chi connectivity index (χ4v) is 2.74. The second-order valence-electron chi connectivity index (χ2n) is 3.70. The summed E-state index contributed by atoms with van der Waals surface area (Å²) in [6.45, 7) is 0. The third-order valence-corrected chi connectivity index (χ3v) is 3.78. The predicted octanol–water partition coefficient (Wildman–Crippen LogP) is 3.52. The highest BCUT2D eigenvalue weighted by atomic mass is 35.5. The van der Waals surface area contributed by atoms with E-state index in [0.717, 1.165) is 5.56 Å². The molecule has 1 aromatic heterocycles. The summed E-state index contributed by atoms with van der Waals surface area (Å²) < 4.78 is 0. The van der Waals surface area contributed by atoms with Crippen molar-refractivity contribution in [1.82, 2.24) is 4.98 Å². The van der Waals surface area contributed by atoms with Crippen molar-refractivity contribution in [2.24, 2.45) is 0 Å². The molecule has 0 amide bonds. The number of rotatable bonds is 4. The number of aromatic nitrogens is 1. The second-order valence-corrected chi connectivity index (χ2v) is 5.07. The van der Waals surface area contributed by atoms with Gasteiger partial charge in [0, 0.05) is 16.8 Å². The summed E-state index contributed by atoms with van der Waals surface area (Å²) in [6.07, 6.45) is 0. The first-order chi connectivity index (χ1) is 9.08. The summed E-state index contributed by atoms with van der Waals surface area (Å²) in [5.41, 5.74) is 6.40. The van der Waals surface area contributed by atoms with E-state index in [9.17, 15) is 10.1 Å². The van der Waals surface area contributed by atoms with Crippen LogP contribution in [0.2, 0.25) is 5.02 Å². The van der Waals surface area contributed by atoms with Crippen LogP contribution in [0.15, 0.2) is 41.4 Å². The minimum atomic E-state index is -0.471. The Morgan fingerprint density at radius 3 is 2.74 bits per heavy atom. The number of hydrogen-bond acceptors (Lipinski definition) is 5. The summed E-state index contributed by atoms with van der Waals surface area (Å²) in [7, 11) is 0. The Bertz CT molecular complexity index is 622. The maximum Gasteiger partial charge on any atom is 0.301 e. The van der Waals surface area contributed by atoms with Gasteiger partial charge in [-0.1, -0.05) is 41.6 Å². The predicted molar refractivity (Wildman–Crippen MR) is 76.3 cm³/mol. The third-order valence-electron chi connectivity index (χ3n) is 2.38. The fraction of sp³-hybridized carbons (Fsp3) is 0.0833. The average Bonchev–Trinajstić information content (AvgIpc) is 2.37. The Kier molecular flexibility index (Phi) is 4.24. The van der Waals surface area contributed by atoms with Crippen LogP contribution in [-0.2, 0) is 5.75 Å². The van der Waals surface area contributed by atoms with Crippen LogP contribution >= 0.6 is 23.4 Å². The number of anilines is 1. The lowest BCUT2D eigenvalue weighted by atomic mass is 10.2. The Morgan fingerprint density at radius 1 is 1.32 bits per heavy atom. The quantitative estimate of drug-likeness (QED) is 0.530. The molecule has 0 unspecified atom stereocenters. The van der Waals surface area contributed by atoms with Crippen LogP contribution in [0.5, 0.6) is 0 Å². The molecule has 0 saturated carbocycles. The first kappa shape index (κ1) is 13.6. The van der Waals surface area contributed by atoms with Gasteiger partial charge in [-0.2, -0.15) is 0 Å². The van der Waals surface area contributed by atoms with Gasteiger partial charge >= 0.3 is 5.69 Å². The smallest absolute Gasteiger partial charge is 0.301 e. The lowest BCUT2D eigenvalue weighted by molar-refractivity contribution is -0.388. The number of nitro groups is 1. The molecule has 0 radical (unpaired) electrons. The molecule has 1 heterocycles. The highest BCUT2D eigenvalue weighted by Gasteiger charge is 2.16. The van der Waals surface area contributed by atoms with Crippen LogP contribution in [0.4, 0.5) is 11.5 Å². The molecule has 98 valence electrons. The SMILES string of the molecule is Nc1ccc([N+](=O)[O-])c(SCc2ccccc2Cl)n1. The van der Waals surface area contributed by atoms with Crippen molar-refractivity contribution in [2.75, 3.05) is 5.73 Å². The van der Waals surface area contributed by atoms with Crippen molar-refractivity contribution in [2.45, 2.75) is 10.8 Å². The molecule has 2 rings (SSSR count). The van der Waals surface area contributed by atoms with Gasteiger partial charge in [0.2, 0.25) is 0 Å². The monoisotopic (exact) mass is 295 g/mol. The zero-order valence-electron chi connectivity index (χ0n) is 9.75. The number of nitrogens with zero attached hydrogens (tertiary/aromatic N) is 2. The van der Waals surface area contributed by atoms with E-state index in [1.54, 1.807) is 6.07 Å². The molecule has 7 heteroatoms. The highest BCUT2D eigenvalue weighted by molar-refractivity contribution is 7.98. The zero-order valence-corrected chi connectivity index (χ0v) is 11.3. The van der Waals surface area contributed by atoms with Gasteiger partial charge in [-0.05, 0) is 17.7 Å². The molecule has 0 bridgehead atoms. The summed E-state index contributed by atoms with van der Waals surface area (Å²) in [5.74, 6) is 0.754. The van der Waals surface area contributed by atoms with E-state index in [0.29, 0.717) is 15.8 Å². The lowest BCUT2D eigenvalue weighted by Gasteiger charge is -2.05. The van der Waals surface area contributed by atoms with Crippen molar-refractivity contribution < 1.29 is 4.92 Å². The average molecular weight is 296 g/mol. The minimum absolute atomic E-state index is 0.0498. The van der Waals surface area contributed by atoms with Crippen LogP contribution < -0.4 is 5.73 Å². The fourth-order valence-electron chi connectivity index (χ4n) is 1.45. The van der Waals surface area contributed by atoms with Crippen LogP contribution in [0.1, 0.15) is 5.56 Å². The number of hydrogen-bond donors (Lipinski definition) is 1. The van der Waals surface area contributed by atoms with Gasteiger partial charge in [-0.15, -0.1) is 0 Å². The van der Waals surface area contributed by atoms with Crippen LogP contribution in [0.3, 0.4) is 0 Å². The Balaban J connectivity index is 2.22. The van der Waals surface area contributed by atoms with Gasteiger partial charge in [0.15, 0.2) is 5.03 Å². The molecule has 2 N–H and O–H groups in total. The first-order valence-corrected chi connectivity index (χ1v) is 6.71. The molecular weight excluding hydrogens is 286 g/mol. The summed E-state index contributed by atoms with van der Waals surface area (Å²) in [6, 6.07) is 10.1. The molecule has 0 fully saturated rings. The van der Waals surface area contributed by atoms with E-state index < -0.39 is 4.92 Å². The number of thioether (sulfide) groups is 1. The maximum absolute atomic E-state index is 10.9. The molecule has 0 aliphatic heterocycles. The number of benzene rings is 1. The normalized spacial score (nSPS) is 10.4. The van der Waals surface area contributed by atoms with Crippen molar-refractivity contribution in [3.8, 4) is 0 Å². The van der Waals surface area contributed by atoms with Crippen LogP contribution in [-0.4, -0.2) is 9.91 Å². The summed E-state index contributed by atoms with van der Waals surface area (Å²) in [4.78, 5) is 14.4. The van der Waals surface area contributed by atoms with E-state index in [1.165, 1.54) is 23.9 Å². The topological polar surface area (TPSA) is 82.0 Å². The Morgan fingerprint density at radius 2 is 2.05 bits per heavy atom. The van der Waals surface area contributed by atoms with E-state index in [-0.39, 0.29) is 11.5 Å². The summed E-state index contributed by atoms with van der Waals surface area (Å²) >= 11 is 7.27. The van der Waals surface area contributed by atoms with Gasteiger partial charge in [0.1, 0.15) is 5.82 Å². The number of nitrogens with two attached hydrogens (primary N) is 1. The lowest BCUT2D eigenvalue weighted by Crippen LogP contribution is -1.97. The van der Waals surface area contributed by atoms with Gasteiger partial charge < -0.3 is 5.73 Å². The Hall–Kier alpha value is -1.79. The van der Waals surface area contributed by atoms with E-state index in [2.05, 4.69) is 4.98 Å². The van der Waals surface area contributed by atoms with Crippen LogP contribution in [0, 0.1) is 10.1 Å². The largest absolute Gasteiger partial charge is 0.384 e. The maximum atomic E-state index is 10.9. The zero-order chi connectivity index (χ0) is 13.8. The van der Waals surface area contributed by atoms with E-state index >= 15 is 0 Å². The van der Waals surface area contributed by atoms with Gasteiger partial charge in [-0.25, -0.2) is 4.98 Å². The van der Waals surface area contributed by atoms with Gasteiger partial charge in [-0.3, -0.25) is 10.1 Å². The van der Waals surface area contributed by atoms with Crippen molar-refractivity contribution in [1.29, 1.82) is 0 Å². The summed E-state index contributed by atoms with van der Waals surface area (Å²) in [5, 5.41) is 11.8. The number of pyridine rings is 1. The van der Waals surface area contributed by atoms with Crippen molar-refractivity contribution in [3.63, 3.8) is 0 Å². The standard InChI is InChI=1S/C12H10ClN3O2S/c13-9-4-2-1-3-8(9)7-19-12-10(16(17)18)5-6-11(14)15-12/h1-6H,7H2,(H2,14,15). The molecule has 0 saturated heterocycles. The molecule has 19 heavy (non-hydrogen) atoms. The van der Waals surface area contributed by atoms with E-state index in [4.69, 9.17) is 17.3 Å². The minimum Gasteiger partial charge on any atom is -0.384 e. The third kappa shape index (κ3) is 3.36. The molecule has 2 aromatic rings. The van der Waals surface area contributed by atoms with Gasteiger partial charge in [0.05, 0.1) is 4.92 Å². The molecular formula is C12H10ClN3O2S. The van der Waals surface area contributed by atoms with Crippen molar-refractivity contribution >= 4 is 34.9 Å². The second kappa shape index (κ2) is 5.90. The number of halogens is 1. The molecule has 0 atom stereocenters. The van der Waals surface area contributed by atoms with Crippen molar-refractivity contribution in [3.05, 3.63) is 57.1 Å². The van der Waals surface area contributed by atoms with Gasteiger partial charge in [0.25, 0.3) is 0 Å². The van der Waals surface area contributed by atoms with E-state index in [1.807, 2.05) is 18.2 Å². The molecule has 0 aliphatic rings. The molecule has 0 aliphatic carbocycles. The Labute approximate surface area is 118 Å². The highest BCUT2D eigenvalue weighted by Crippen LogP contribution is 2.32. The molecule has 5 nitrogen and oxygen atoms in total. The first-order valence-electron chi connectivity index (χ1n) is 5.35. The molecule has 0 spiro atoms.